The molecule has 0 unspecified atom stereocenters. The van der Waals surface area contributed by atoms with Crippen LogP contribution in [0.5, 0.6) is 0 Å². The Labute approximate surface area is 202 Å². The maximum absolute atomic E-state index is 13.2. The number of aromatic nitrogens is 2. The van der Waals surface area contributed by atoms with Crippen LogP contribution in [0.2, 0.25) is 5.02 Å². The quantitative estimate of drug-likeness (QED) is 0.399. The third-order valence-corrected chi connectivity index (χ3v) is 5.86. The Bertz CT molecular complexity index is 1020. The topological polar surface area (TPSA) is 125 Å². The number of aromatic amines is 1. The van der Waals surface area contributed by atoms with Crippen LogP contribution in [0.3, 0.4) is 0 Å². The Morgan fingerprint density at radius 2 is 1.94 bits per heavy atom. The van der Waals surface area contributed by atoms with Gasteiger partial charge < -0.3 is 25.7 Å². The molecule has 1 aromatic heterocycles. The maximum Gasteiger partial charge on any atom is 0.272 e. The summed E-state index contributed by atoms with van der Waals surface area (Å²) >= 11 is 5.98. The second kappa shape index (κ2) is 11.9. The van der Waals surface area contributed by atoms with E-state index in [-0.39, 0.29) is 40.4 Å². The van der Waals surface area contributed by atoms with Gasteiger partial charge in [0.1, 0.15) is 11.5 Å². The number of hydrogen-bond donors (Lipinski definition) is 4. The standard InChI is InChI=1S/C23H29ClFN5O4/c1-13(2)34-10-9-26-22(32)19-20(28-12-27-19)23(33)29-16-6-3-14(4-7-16)21(31)30-18-8-5-15(25)11-17(18)24/h5,8,11-14,16H,3-4,6-7,9-10H2,1-2H3,(H,26,32)(H,27,28)(H,29,33)(H,30,31)/t14-,16-. The largest absolute Gasteiger partial charge is 0.377 e. The average Bonchev–Trinajstić information content (AvgIpc) is 3.29. The average molecular weight is 494 g/mol. The number of hydrogen-bond acceptors (Lipinski definition) is 5. The number of ether oxygens (including phenoxy) is 1. The first-order valence-corrected chi connectivity index (χ1v) is 11.6. The molecule has 4 N–H and O–H groups in total. The summed E-state index contributed by atoms with van der Waals surface area (Å²) in [6.07, 6.45) is 3.71. The van der Waals surface area contributed by atoms with Gasteiger partial charge in [-0.05, 0) is 57.7 Å². The molecule has 1 saturated carbocycles. The van der Waals surface area contributed by atoms with Crippen LogP contribution in [-0.2, 0) is 9.53 Å². The molecule has 1 heterocycles. The minimum atomic E-state index is -0.475. The highest BCUT2D eigenvalue weighted by atomic mass is 35.5. The van der Waals surface area contributed by atoms with E-state index in [2.05, 4.69) is 25.9 Å². The molecule has 0 aliphatic heterocycles. The highest BCUT2D eigenvalue weighted by Crippen LogP contribution is 2.28. The van der Waals surface area contributed by atoms with Gasteiger partial charge in [0.05, 0.1) is 29.7 Å². The fourth-order valence-corrected chi connectivity index (χ4v) is 3.98. The summed E-state index contributed by atoms with van der Waals surface area (Å²) in [5.74, 6) is -1.79. The molecule has 0 atom stereocenters. The molecule has 184 valence electrons. The zero-order valence-corrected chi connectivity index (χ0v) is 19.9. The van der Waals surface area contributed by atoms with E-state index in [1.54, 1.807) is 0 Å². The number of nitrogens with one attached hydrogen (secondary N) is 4. The summed E-state index contributed by atoms with van der Waals surface area (Å²) in [7, 11) is 0. The van der Waals surface area contributed by atoms with Crippen LogP contribution in [0.15, 0.2) is 24.5 Å². The van der Waals surface area contributed by atoms with Crippen LogP contribution >= 0.6 is 11.6 Å². The lowest BCUT2D eigenvalue weighted by atomic mass is 9.85. The molecule has 9 nitrogen and oxygen atoms in total. The van der Waals surface area contributed by atoms with Gasteiger partial charge >= 0.3 is 0 Å². The van der Waals surface area contributed by atoms with Gasteiger partial charge in [0.15, 0.2) is 5.69 Å². The number of carbonyl (C=O) groups excluding carboxylic acids is 3. The van der Waals surface area contributed by atoms with Crippen LogP contribution in [0, 0.1) is 11.7 Å². The lowest BCUT2D eigenvalue weighted by molar-refractivity contribution is -0.120. The zero-order valence-electron chi connectivity index (χ0n) is 19.1. The van der Waals surface area contributed by atoms with Crippen molar-refractivity contribution in [2.24, 2.45) is 5.92 Å². The third-order valence-electron chi connectivity index (χ3n) is 5.54. The van der Waals surface area contributed by atoms with Crippen LogP contribution in [0.4, 0.5) is 10.1 Å². The van der Waals surface area contributed by atoms with E-state index in [1.165, 1.54) is 18.5 Å². The molecule has 34 heavy (non-hydrogen) atoms. The summed E-state index contributed by atoms with van der Waals surface area (Å²) in [6.45, 7) is 4.47. The van der Waals surface area contributed by atoms with Crippen LogP contribution in [0.1, 0.15) is 60.5 Å². The number of carbonyl (C=O) groups is 3. The summed E-state index contributed by atoms with van der Waals surface area (Å²) in [5.41, 5.74) is 0.476. The number of nitrogens with zero attached hydrogens (tertiary/aromatic N) is 1. The van der Waals surface area contributed by atoms with Crippen LogP contribution in [-0.4, -0.2) is 53.0 Å². The number of amides is 3. The maximum atomic E-state index is 13.2. The number of H-pyrrole nitrogens is 1. The highest BCUT2D eigenvalue weighted by molar-refractivity contribution is 6.33. The van der Waals surface area contributed by atoms with E-state index >= 15 is 0 Å². The molecule has 0 saturated heterocycles. The van der Waals surface area contributed by atoms with Gasteiger partial charge in [0.2, 0.25) is 5.91 Å². The summed E-state index contributed by atoms with van der Waals surface area (Å²) in [4.78, 5) is 44.4. The first kappa shape index (κ1) is 25.6. The molecule has 0 bridgehead atoms. The van der Waals surface area contributed by atoms with Gasteiger partial charge in [-0.1, -0.05) is 11.6 Å². The second-order valence-electron chi connectivity index (χ2n) is 8.44. The Balaban J connectivity index is 1.47. The lowest BCUT2D eigenvalue weighted by Gasteiger charge is -2.28. The van der Waals surface area contributed by atoms with Crippen LogP contribution < -0.4 is 16.0 Å². The van der Waals surface area contributed by atoms with E-state index in [0.29, 0.717) is 44.5 Å². The van der Waals surface area contributed by atoms with Gasteiger partial charge in [-0.15, -0.1) is 0 Å². The number of imidazole rings is 1. The van der Waals surface area contributed by atoms with Gasteiger partial charge in [-0.2, -0.15) is 0 Å². The number of benzene rings is 1. The molecule has 11 heteroatoms. The van der Waals surface area contributed by atoms with Crippen LogP contribution in [0.25, 0.3) is 0 Å². The molecule has 1 aliphatic rings. The molecule has 1 fully saturated rings. The van der Waals surface area contributed by atoms with Gasteiger partial charge in [-0.3, -0.25) is 14.4 Å². The SMILES string of the molecule is CC(C)OCCNC(=O)c1nc[nH]c1C(=O)N[C@H]1CC[C@H](C(=O)Nc2ccc(F)cc2Cl)CC1. The monoisotopic (exact) mass is 493 g/mol. The Morgan fingerprint density at radius 3 is 2.62 bits per heavy atom. The Morgan fingerprint density at radius 1 is 1.21 bits per heavy atom. The Hall–Kier alpha value is -2.98. The predicted octanol–water partition coefficient (Wildman–Crippen LogP) is 3.28. The first-order valence-electron chi connectivity index (χ1n) is 11.2. The molecule has 2 aromatic rings. The second-order valence-corrected chi connectivity index (χ2v) is 8.84. The number of halogens is 2. The lowest BCUT2D eigenvalue weighted by Crippen LogP contribution is -2.40. The minimum absolute atomic E-state index is 0.0197. The summed E-state index contributed by atoms with van der Waals surface area (Å²) in [6, 6.07) is 3.67. The van der Waals surface area contributed by atoms with E-state index in [9.17, 15) is 18.8 Å². The Kier molecular flexibility index (Phi) is 9.00. The van der Waals surface area contributed by atoms with Crippen molar-refractivity contribution in [3.8, 4) is 0 Å². The summed E-state index contributed by atoms with van der Waals surface area (Å²) < 4.78 is 18.6. The van der Waals surface area contributed by atoms with Crippen molar-refractivity contribution < 1.29 is 23.5 Å². The highest BCUT2D eigenvalue weighted by Gasteiger charge is 2.29. The predicted molar refractivity (Wildman–Crippen MR) is 125 cm³/mol. The first-order chi connectivity index (χ1) is 16.2. The van der Waals surface area contributed by atoms with Crippen molar-refractivity contribution >= 4 is 35.0 Å². The number of anilines is 1. The third kappa shape index (κ3) is 7.01. The van der Waals surface area contributed by atoms with Crippen molar-refractivity contribution in [3.05, 3.63) is 46.8 Å². The smallest absolute Gasteiger partial charge is 0.272 e. The fourth-order valence-electron chi connectivity index (χ4n) is 3.77. The van der Waals surface area contributed by atoms with Crippen molar-refractivity contribution in [1.29, 1.82) is 0 Å². The van der Waals surface area contributed by atoms with E-state index < -0.39 is 17.6 Å². The molecule has 1 aliphatic carbocycles. The normalized spacial score (nSPS) is 17.9. The van der Waals surface area contributed by atoms with Crippen molar-refractivity contribution in [3.63, 3.8) is 0 Å². The number of rotatable bonds is 9. The van der Waals surface area contributed by atoms with E-state index in [0.717, 1.165) is 6.07 Å². The molecule has 3 rings (SSSR count). The fraction of sp³-hybridized carbons (Fsp3) is 0.478. The van der Waals surface area contributed by atoms with Crippen molar-refractivity contribution in [1.82, 2.24) is 20.6 Å². The van der Waals surface area contributed by atoms with Gasteiger partial charge in [0.25, 0.3) is 11.8 Å². The molecule has 0 radical (unpaired) electrons. The van der Waals surface area contributed by atoms with Gasteiger partial charge in [0, 0.05) is 18.5 Å². The minimum Gasteiger partial charge on any atom is -0.377 e. The van der Waals surface area contributed by atoms with Gasteiger partial charge in [-0.25, -0.2) is 9.37 Å². The molecular weight excluding hydrogens is 465 g/mol. The van der Waals surface area contributed by atoms with Crippen molar-refractivity contribution in [2.75, 3.05) is 18.5 Å². The zero-order chi connectivity index (χ0) is 24.7. The summed E-state index contributed by atoms with van der Waals surface area (Å²) in [5, 5.41) is 8.48. The molecule has 1 aromatic carbocycles. The molecule has 3 amide bonds. The molecule has 0 spiro atoms. The molecular formula is C23H29ClFN5O4. The van der Waals surface area contributed by atoms with E-state index in [1.807, 2.05) is 13.8 Å². The van der Waals surface area contributed by atoms with E-state index in [4.69, 9.17) is 16.3 Å². The van der Waals surface area contributed by atoms with Crippen molar-refractivity contribution in [2.45, 2.75) is 51.7 Å².